The fraction of sp³-hybridized carbons (Fsp3) is 0.0769. The summed E-state index contributed by atoms with van der Waals surface area (Å²) in [5, 5.41) is 5.18. The summed E-state index contributed by atoms with van der Waals surface area (Å²) in [5.74, 6) is 0.576. The molecule has 0 aliphatic carbocycles. The molecular weight excluding hydrogens is 372 g/mol. The van der Waals surface area contributed by atoms with Gasteiger partial charge in [-0.25, -0.2) is 22.9 Å². The molecule has 2 amide bonds. The minimum absolute atomic E-state index is 0.0583. The molecule has 0 saturated heterocycles. The minimum Gasteiger partial charge on any atom is -0.340 e. The number of aromatic nitrogens is 1. The average molecular weight is 385 g/mol. The van der Waals surface area contributed by atoms with Crippen LogP contribution in [0.3, 0.4) is 0 Å². The molecule has 0 aliphatic rings. The number of pyridine rings is 1. The van der Waals surface area contributed by atoms with E-state index in [0.29, 0.717) is 16.0 Å². The third-order valence-electron chi connectivity index (χ3n) is 2.61. The molecule has 2 aromatic rings. The molecule has 0 spiro atoms. The van der Waals surface area contributed by atoms with Crippen LogP contribution < -0.4 is 15.4 Å². The first-order valence-corrected chi connectivity index (χ1v) is 8.42. The van der Waals surface area contributed by atoms with Crippen molar-refractivity contribution in [2.24, 2.45) is 0 Å². The minimum atomic E-state index is -3.99. The molecule has 0 unspecified atom stereocenters. The third kappa shape index (κ3) is 3.95. The van der Waals surface area contributed by atoms with E-state index in [2.05, 4.69) is 31.5 Å². The fourth-order valence-corrected chi connectivity index (χ4v) is 3.55. The van der Waals surface area contributed by atoms with Gasteiger partial charge in [-0.2, -0.15) is 0 Å². The Balaban J connectivity index is 2.33. The number of amides is 2. The Kier molecular flexibility index (Phi) is 4.99. The average Bonchev–Trinajstić information content (AvgIpc) is 2.49. The SMILES string of the molecule is CNC(=O)NS(=O)(=O)c1cc(Nc2ccccn2)ccc1Br. The van der Waals surface area contributed by atoms with Gasteiger partial charge in [0.15, 0.2) is 0 Å². The van der Waals surface area contributed by atoms with Gasteiger partial charge in [-0.15, -0.1) is 0 Å². The van der Waals surface area contributed by atoms with Gasteiger partial charge in [-0.1, -0.05) is 6.07 Å². The smallest absolute Gasteiger partial charge is 0.328 e. The summed E-state index contributed by atoms with van der Waals surface area (Å²) in [6.45, 7) is 0. The summed E-state index contributed by atoms with van der Waals surface area (Å²) in [6, 6.07) is 9.19. The molecule has 0 saturated carbocycles. The highest BCUT2D eigenvalue weighted by molar-refractivity contribution is 9.10. The Morgan fingerprint density at radius 3 is 2.64 bits per heavy atom. The van der Waals surface area contributed by atoms with Gasteiger partial charge in [0.2, 0.25) is 0 Å². The molecule has 3 N–H and O–H groups in total. The van der Waals surface area contributed by atoms with E-state index in [4.69, 9.17) is 0 Å². The molecule has 7 nitrogen and oxygen atoms in total. The van der Waals surface area contributed by atoms with Gasteiger partial charge in [-0.05, 0) is 46.3 Å². The number of benzene rings is 1. The van der Waals surface area contributed by atoms with Crippen LogP contribution in [0.15, 0.2) is 52.0 Å². The van der Waals surface area contributed by atoms with Gasteiger partial charge in [-0.3, -0.25) is 0 Å². The van der Waals surface area contributed by atoms with Gasteiger partial charge in [0, 0.05) is 23.4 Å². The molecule has 0 radical (unpaired) electrons. The van der Waals surface area contributed by atoms with Crippen molar-refractivity contribution in [3.8, 4) is 0 Å². The summed E-state index contributed by atoms with van der Waals surface area (Å²) < 4.78 is 26.6. The van der Waals surface area contributed by atoms with Crippen LogP contribution in [0.5, 0.6) is 0 Å². The number of anilines is 2. The lowest BCUT2D eigenvalue weighted by molar-refractivity contribution is 0.248. The maximum absolute atomic E-state index is 12.2. The number of urea groups is 1. The van der Waals surface area contributed by atoms with Crippen LogP contribution in [0.1, 0.15) is 0 Å². The third-order valence-corrected chi connectivity index (χ3v) is 4.94. The highest BCUT2D eigenvalue weighted by Gasteiger charge is 2.20. The zero-order chi connectivity index (χ0) is 16.2. The van der Waals surface area contributed by atoms with Crippen LogP contribution in [0, 0.1) is 0 Å². The van der Waals surface area contributed by atoms with Crippen molar-refractivity contribution >= 4 is 43.5 Å². The van der Waals surface area contributed by atoms with E-state index in [1.54, 1.807) is 36.5 Å². The van der Waals surface area contributed by atoms with Crippen molar-refractivity contribution in [1.82, 2.24) is 15.0 Å². The number of sulfonamides is 1. The predicted octanol–water partition coefficient (Wildman–Crippen LogP) is 2.21. The number of hydrogen-bond donors (Lipinski definition) is 3. The van der Waals surface area contributed by atoms with E-state index in [1.807, 2.05) is 4.72 Å². The van der Waals surface area contributed by atoms with Gasteiger partial charge < -0.3 is 10.6 Å². The van der Waals surface area contributed by atoms with E-state index < -0.39 is 16.1 Å². The second kappa shape index (κ2) is 6.75. The molecule has 1 heterocycles. The molecule has 0 fully saturated rings. The molecule has 9 heteroatoms. The number of nitrogens with one attached hydrogen (secondary N) is 3. The molecule has 1 aromatic carbocycles. The summed E-state index contributed by atoms with van der Waals surface area (Å²) in [5.41, 5.74) is 0.527. The topological polar surface area (TPSA) is 100 Å². The number of halogens is 1. The zero-order valence-electron chi connectivity index (χ0n) is 11.5. The van der Waals surface area contributed by atoms with Crippen LogP contribution in [0.4, 0.5) is 16.3 Å². The Labute approximate surface area is 136 Å². The van der Waals surface area contributed by atoms with Crippen LogP contribution in [-0.2, 0) is 10.0 Å². The van der Waals surface area contributed by atoms with E-state index in [0.717, 1.165) is 0 Å². The van der Waals surface area contributed by atoms with Gasteiger partial charge in [0.05, 0.1) is 0 Å². The number of hydrogen-bond acceptors (Lipinski definition) is 5. The van der Waals surface area contributed by atoms with Crippen LogP contribution in [-0.4, -0.2) is 26.5 Å². The van der Waals surface area contributed by atoms with Crippen molar-refractivity contribution in [2.75, 3.05) is 12.4 Å². The van der Waals surface area contributed by atoms with E-state index in [1.165, 1.54) is 13.1 Å². The number of nitrogens with zero attached hydrogens (tertiary/aromatic N) is 1. The van der Waals surface area contributed by atoms with Crippen molar-refractivity contribution in [2.45, 2.75) is 4.90 Å². The summed E-state index contributed by atoms with van der Waals surface area (Å²) in [7, 11) is -2.65. The standard InChI is InChI=1S/C13H13BrN4O3S/c1-15-13(19)18-22(20,21)11-8-9(5-6-10(11)14)17-12-4-2-3-7-16-12/h2-8H,1H3,(H,16,17)(H2,15,18,19). The van der Waals surface area contributed by atoms with Crippen molar-refractivity contribution in [1.29, 1.82) is 0 Å². The van der Waals surface area contributed by atoms with E-state index in [-0.39, 0.29) is 4.90 Å². The second-order valence-electron chi connectivity index (χ2n) is 4.17. The Morgan fingerprint density at radius 2 is 2.00 bits per heavy atom. The summed E-state index contributed by atoms with van der Waals surface area (Å²) >= 11 is 3.17. The molecule has 0 atom stereocenters. The molecule has 116 valence electrons. The van der Waals surface area contributed by atoms with Crippen molar-refractivity contribution in [3.63, 3.8) is 0 Å². The maximum Gasteiger partial charge on any atom is 0.328 e. The van der Waals surface area contributed by atoms with Gasteiger partial charge in [0.1, 0.15) is 10.7 Å². The van der Waals surface area contributed by atoms with Crippen LogP contribution in [0.2, 0.25) is 0 Å². The highest BCUT2D eigenvalue weighted by atomic mass is 79.9. The first kappa shape index (κ1) is 16.2. The Morgan fingerprint density at radius 1 is 1.23 bits per heavy atom. The summed E-state index contributed by atoms with van der Waals surface area (Å²) in [6.07, 6.45) is 1.62. The normalized spacial score (nSPS) is 10.8. The summed E-state index contributed by atoms with van der Waals surface area (Å²) in [4.78, 5) is 15.3. The van der Waals surface area contributed by atoms with Crippen LogP contribution >= 0.6 is 15.9 Å². The van der Waals surface area contributed by atoms with E-state index >= 15 is 0 Å². The van der Waals surface area contributed by atoms with Gasteiger partial charge in [0.25, 0.3) is 10.0 Å². The largest absolute Gasteiger partial charge is 0.340 e. The lowest BCUT2D eigenvalue weighted by atomic mass is 10.3. The fourth-order valence-electron chi connectivity index (χ4n) is 1.60. The second-order valence-corrected chi connectivity index (χ2v) is 6.67. The Hall–Kier alpha value is -2.13. The highest BCUT2D eigenvalue weighted by Crippen LogP contribution is 2.26. The molecular formula is C13H13BrN4O3S. The molecule has 0 bridgehead atoms. The van der Waals surface area contributed by atoms with Crippen molar-refractivity contribution in [3.05, 3.63) is 47.1 Å². The number of carbonyl (C=O) groups excluding carboxylic acids is 1. The maximum atomic E-state index is 12.2. The number of carbonyl (C=O) groups is 1. The predicted molar refractivity (Wildman–Crippen MR) is 86.4 cm³/mol. The molecule has 2 rings (SSSR count). The molecule has 22 heavy (non-hydrogen) atoms. The number of rotatable bonds is 4. The molecule has 1 aromatic heterocycles. The first-order chi connectivity index (χ1) is 10.4. The monoisotopic (exact) mass is 384 g/mol. The Bertz CT molecular complexity index is 781. The lowest BCUT2D eigenvalue weighted by Gasteiger charge is -2.11. The zero-order valence-corrected chi connectivity index (χ0v) is 13.9. The van der Waals surface area contributed by atoms with Gasteiger partial charge >= 0.3 is 6.03 Å². The quantitative estimate of drug-likeness (QED) is 0.749. The lowest BCUT2D eigenvalue weighted by Crippen LogP contribution is -2.37. The van der Waals surface area contributed by atoms with Crippen LogP contribution in [0.25, 0.3) is 0 Å². The first-order valence-electron chi connectivity index (χ1n) is 6.14. The van der Waals surface area contributed by atoms with Crippen molar-refractivity contribution < 1.29 is 13.2 Å². The molecule has 0 aliphatic heterocycles. The van der Waals surface area contributed by atoms with E-state index in [9.17, 15) is 13.2 Å².